The molecule has 0 saturated heterocycles. The molecule has 1 aromatic heterocycles. The quantitative estimate of drug-likeness (QED) is 0.563. The van der Waals surface area contributed by atoms with Gasteiger partial charge in [0.15, 0.2) is 0 Å². The van der Waals surface area contributed by atoms with Crippen LogP contribution in [0.2, 0.25) is 0 Å². The van der Waals surface area contributed by atoms with Gasteiger partial charge in [-0.15, -0.1) is 0 Å². The standard InChI is InChI=1S/C29H39N3O2/c1-26-6-18-3-19(7-26)11-28(10-18,16-26)24(33)31-22-5-23(15-30-14-22)32-25(34)29-12-20-4-21(13-29)9-27(2,8-20)17-29/h5,14-15,18-21H,3-4,6-13,16-17H2,1-2H3,(H,31,33)(H,32,34). The average molecular weight is 462 g/mol. The Balaban J connectivity index is 1.07. The van der Waals surface area contributed by atoms with Gasteiger partial charge in [-0.1, -0.05) is 13.8 Å². The first-order valence-corrected chi connectivity index (χ1v) is 13.7. The van der Waals surface area contributed by atoms with Crippen LogP contribution in [0.1, 0.15) is 90.9 Å². The number of nitrogens with zero attached hydrogens (tertiary/aromatic N) is 1. The first kappa shape index (κ1) is 21.4. The van der Waals surface area contributed by atoms with E-state index in [2.05, 4.69) is 29.5 Å². The fourth-order valence-electron chi connectivity index (χ4n) is 11.1. The molecule has 2 amide bonds. The van der Waals surface area contributed by atoms with Gasteiger partial charge in [-0.2, -0.15) is 0 Å². The second-order valence-electron chi connectivity index (χ2n) is 14.5. The zero-order valence-corrected chi connectivity index (χ0v) is 20.8. The molecule has 0 radical (unpaired) electrons. The lowest BCUT2D eigenvalue weighted by Gasteiger charge is -2.60. The number of amides is 2. The predicted molar refractivity (Wildman–Crippen MR) is 132 cm³/mol. The minimum Gasteiger partial charge on any atom is -0.324 e. The number of carbonyl (C=O) groups excluding carboxylic acids is 2. The summed E-state index contributed by atoms with van der Waals surface area (Å²) in [4.78, 5) is 31.5. The van der Waals surface area contributed by atoms with Crippen LogP contribution in [0.4, 0.5) is 11.4 Å². The van der Waals surface area contributed by atoms with Crippen LogP contribution in [-0.2, 0) is 9.59 Å². The number of rotatable bonds is 4. The molecule has 182 valence electrons. The second kappa shape index (κ2) is 6.85. The lowest BCUT2D eigenvalue weighted by molar-refractivity contribution is -0.150. The summed E-state index contributed by atoms with van der Waals surface area (Å²) in [5, 5.41) is 6.44. The van der Waals surface area contributed by atoms with Crippen molar-refractivity contribution in [1.29, 1.82) is 0 Å². The number of anilines is 2. The maximum atomic E-state index is 13.6. The zero-order chi connectivity index (χ0) is 23.3. The summed E-state index contributed by atoms with van der Waals surface area (Å²) in [6, 6.07) is 1.91. The molecule has 8 fully saturated rings. The van der Waals surface area contributed by atoms with Gasteiger partial charge in [0.05, 0.1) is 34.6 Å². The molecule has 1 heterocycles. The Hall–Kier alpha value is -1.91. The third-order valence-electron chi connectivity index (χ3n) is 10.9. The van der Waals surface area contributed by atoms with Crippen molar-refractivity contribution in [3.8, 4) is 0 Å². The Morgan fingerprint density at radius 3 is 1.44 bits per heavy atom. The number of nitrogens with one attached hydrogen (secondary N) is 2. The van der Waals surface area contributed by atoms with Gasteiger partial charge in [-0.25, -0.2) is 0 Å². The van der Waals surface area contributed by atoms with Crippen LogP contribution >= 0.6 is 0 Å². The Labute approximate surface area is 203 Å². The predicted octanol–water partition coefficient (Wildman–Crippen LogP) is 6.17. The van der Waals surface area contributed by atoms with E-state index in [-0.39, 0.29) is 22.6 Å². The minimum absolute atomic E-state index is 0.173. The highest BCUT2D eigenvalue weighted by Gasteiger charge is 2.60. The van der Waals surface area contributed by atoms with E-state index in [0.717, 1.165) is 38.5 Å². The van der Waals surface area contributed by atoms with Gasteiger partial charge in [0, 0.05) is 0 Å². The summed E-state index contributed by atoms with van der Waals surface area (Å²) >= 11 is 0. The Morgan fingerprint density at radius 1 is 0.706 bits per heavy atom. The van der Waals surface area contributed by atoms with Crippen molar-refractivity contribution in [3.63, 3.8) is 0 Å². The molecule has 0 spiro atoms. The van der Waals surface area contributed by atoms with Crippen LogP contribution in [-0.4, -0.2) is 16.8 Å². The Kier molecular flexibility index (Phi) is 4.31. The lowest BCUT2D eigenvalue weighted by atomic mass is 9.44. The van der Waals surface area contributed by atoms with Crippen molar-refractivity contribution in [2.75, 3.05) is 10.6 Å². The van der Waals surface area contributed by atoms with Crippen LogP contribution in [0.3, 0.4) is 0 Å². The average Bonchev–Trinajstić information content (AvgIpc) is 2.70. The molecule has 2 N–H and O–H groups in total. The molecule has 34 heavy (non-hydrogen) atoms. The van der Waals surface area contributed by atoms with Crippen LogP contribution < -0.4 is 10.6 Å². The molecule has 8 aliphatic carbocycles. The van der Waals surface area contributed by atoms with E-state index >= 15 is 0 Å². The lowest BCUT2D eigenvalue weighted by Crippen LogP contribution is -2.55. The van der Waals surface area contributed by atoms with Gasteiger partial charge < -0.3 is 10.6 Å². The molecule has 0 aliphatic heterocycles. The molecule has 8 saturated carbocycles. The molecule has 0 aromatic carbocycles. The van der Waals surface area contributed by atoms with Crippen molar-refractivity contribution in [2.45, 2.75) is 90.9 Å². The number of pyridine rings is 1. The minimum atomic E-state index is -0.216. The molecule has 4 unspecified atom stereocenters. The summed E-state index contributed by atoms with van der Waals surface area (Å²) in [5.74, 6) is 3.19. The molecule has 9 rings (SSSR count). The number of carbonyl (C=O) groups is 2. The van der Waals surface area contributed by atoms with E-state index in [1.807, 2.05) is 6.07 Å². The van der Waals surface area contributed by atoms with Crippen molar-refractivity contribution >= 4 is 23.2 Å². The second-order valence-corrected chi connectivity index (χ2v) is 14.5. The summed E-state index contributed by atoms with van der Waals surface area (Å²) in [6.45, 7) is 4.80. The third kappa shape index (κ3) is 3.28. The fourth-order valence-corrected chi connectivity index (χ4v) is 11.1. The number of hydrogen-bond acceptors (Lipinski definition) is 3. The highest BCUT2D eigenvalue weighted by atomic mass is 16.2. The first-order chi connectivity index (χ1) is 16.1. The highest BCUT2D eigenvalue weighted by Crippen LogP contribution is 2.66. The van der Waals surface area contributed by atoms with E-state index in [1.165, 1.54) is 38.5 Å². The fraction of sp³-hybridized carbons (Fsp3) is 0.759. The number of hydrogen-bond donors (Lipinski definition) is 2. The van der Waals surface area contributed by atoms with Crippen LogP contribution in [0.15, 0.2) is 18.5 Å². The van der Waals surface area contributed by atoms with Gasteiger partial charge >= 0.3 is 0 Å². The van der Waals surface area contributed by atoms with Crippen LogP contribution in [0, 0.1) is 45.3 Å². The molecular formula is C29H39N3O2. The van der Waals surface area contributed by atoms with E-state index < -0.39 is 0 Å². The first-order valence-electron chi connectivity index (χ1n) is 13.7. The summed E-state index contributed by atoms with van der Waals surface area (Å²) in [7, 11) is 0. The topological polar surface area (TPSA) is 71.1 Å². The van der Waals surface area contributed by atoms with E-state index in [9.17, 15) is 9.59 Å². The van der Waals surface area contributed by atoms with E-state index in [0.29, 0.717) is 45.9 Å². The Bertz CT molecular complexity index is 956. The van der Waals surface area contributed by atoms with E-state index in [1.54, 1.807) is 12.4 Å². The van der Waals surface area contributed by atoms with E-state index in [4.69, 9.17) is 0 Å². The smallest absolute Gasteiger partial charge is 0.230 e. The third-order valence-corrected chi connectivity index (χ3v) is 10.9. The molecular weight excluding hydrogens is 422 g/mol. The summed E-state index contributed by atoms with van der Waals surface area (Å²) < 4.78 is 0. The maximum Gasteiger partial charge on any atom is 0.230 e. The SMILES string of the molecule is CC12CC3CC(C1)CC(C(=O)Nc1cncc(NC(=O)C45CC6CC(CC(C)(C6)C4)C5)c1)(C3)C2. The van der Waals surface area contributed by atoms with Crippen LogP contribution in [0.25, 0.3) is 0 Å². The van der Waals surface area contributed by atoms with Gasteiger partial charge in [-0.3, -0.25) is 14.6 Å². The molecule has 5 heteroatoms. The highest BCUT2D eigenvalue weighted by molar-refractivity contribution is 5.98. The largest absolute Gasteiger partial charge is 0.324 e. The van der Waals surface area contributed by atoms with Crippen molar-refractivity contribution in [2.24, 2.45) is 45.3 Å². The summed E-state index contributed by atoms with van der Waals surface area (Å²) in [5.41, 5.74) is 1.66. The van der Waals surface area contributed by atoms with Crippen molar-refractivity contribution < 1.29 is 9.59 Å². The maximum absolute atomic E-state index is 13.6. The molecule has 1 aromatic rings. The van der Waals surface area contributed by atoms with Gasteiger partial charge in [-0.05, 0) is 118 Å². The van der Waals surface area contributed by atoms with Gasteiger partial charge in [0.1, 0.15) is 0 Å². The Morgan fingerprint density at radius 2 is 1.09 bits per heavy atom. The van der Waals surface area contributed by atoms with Crippen LogP contribution in [0.5, 0.6) is 0 Å². The monoisotopic (exact) mass is 461 g/mol. The molecule has 4 atom stereocenters. The van der Waals surface area contributed by atoms with Crippen molar-refractivity contribution in [3.05, 3.63) is 18.5 Å². The molecule has 8 aliphatic rings. The van der Waals surface area contributed by atoms with Gasteiger partial charge in [0.25, 0.3) is 0 Å². The summed E-state index contributed by atoms with van der Waals surface area (Å²) in [6.07, 6.45) is 17.5. The molecule has 8 bridgehead atoms. The van der Waals surface area contributed by atoms with Crippen molar-refractivity contribution in [1.82, 2.24) is 4.98 Å². The molecule has 5 nitrogen and oxygen atoms in total. The van der Waals surface area contributed by atoms with Gasteiger partial charge in [0.2, 0.25) is 11.8 Å². The normalized spacial score (nSPS) is 47.6. The number of aromatic nitrogens is 1. The zero-order valence-electron chi connectivity index (χ0n) is 20.8.